The molecule has 0 fully saturated rings. The van der Waals surface area contributed by atoms with Crippen LogP contribution in [0.5, 0.6) is 6.01 Å². The molecule has 0 saturated carbocycles. The van der Waals surface area contributed by atoms with Gasteiger partial charge in [0.2, 0.25) is 11.9 Å². The second-order valence-corrected chi connectivity index (χ2v) is 3.81. The van der Waals surface area contributed by atoms with Crippen molar-refractivity contribution >= 4 is 11.9 Å². The SMILES string of the molecule is COc1nc(NN)nc(NCC(O)C(C)C)n1. The molecular weight excluding hydrogens is 224 g/mol. The minimum absolute atomic E-state index is 0.148. The van der Waals surface area contributed by atoms with Crippen molar-refractivity contribution in [2.24, 2.45) is 11.8 Å². The highest BCUT2D eigenvalue weighted by atomic mass is 16.5. The predicted octanol–water partition coefficient (Wildman–Crippen LogP) is -0.405. The van der Waals surface area contributed by atoms with Gasteiger partial charge in [-0.15, -0.1) is 0 Å². The van der Waals surface area contributed by atoms with Gasteiger partial charge in [-0.1, -0.05) is 13.8 Å². The lowest BCUT2D eigenvalue weighted by Crippen LogP contribution is -2.26. The van der Waals surface area contributed by atoms with E-state index in [-0.39, 0.29) is 17.9 Å². The third kappa shape index (κ3) is 4.00. The van der Waals surface area contributed by atoms with Crippen LogP contribution >= 0.6 is 0 Å². The average molecular weight is 242 g/mol. The van der Waals surface area contributed by atoms with Crippen molar-refractivity contribution in [3.8, 4) is 6.01 Å². The van der Waals surface area contributed by atoms with Crippen LogP contribution in [-0.2, 0) is 0 Å². The number of anilines is 2. The maximum absolute atomic E-state index is 9.64. The molecule has 0 radical (unpaired) electrons. The summed E-state index contributed by atoms with van der Waals surface area (Å²) < 4.78 is 4.89. The number of aliphatic hydroxyl groups excluding tert-OH is 1. The maximum Gasteiger partial charge on any atom is 0.322 e. The standard InChI is InChI=1S/C9H18N6O2/c1-5(2)6(16)4-11-7-12-8(15-10)14-9(13-7)17-3/h5-6,16H,4,10H2,1-3H3,(H2,11,12,13,14,15). The van der Waals surface area contributed by atoms with E-state index >= 15 is 0 Å². The summed E-state index contributed by atoms with van der Waals surface area (Å²) in [6.45, 7) is 4.19. The molecule has 1 rings (SSSR count). The van der Waals surface area contributed by atoms with Crippen molar-refractivity contribution in [2.45, 2.75) is 20.0 Å². The Bertz CT molecular complexity index is 337. The summed E-state index contributed by atoms with van der Waals surface area (Å²) >= 11 is 0. The quantitative estimate of drug-likeness (QED) is 0.393. The van der Waals surface area contributed by atoms with E-state index in [4.69, 9.17) is 10.6 Å². The summed E-state index contributed by atoms with van der Waals surface area (Å²) in [6, 6.07) is 0.148. The summed E-state index contributed by atoms with van der Waals surface area (Å²) in [5.74, 6) is 5.85. The number of hydrogen-bond donors (Lipinski definition) is 4. The zero-order valence-corrected chi connectivity index (χ0v) is 10.1. The Kier molecular flexibility index (Phi) is 4.85. The molecule has 96 valence electrons. The highest BCUT2D eigenvalue weighted by molar-refractivity contribution is 5.34. The summed E-state index contributed by atoms with van der Waals surface area (Å²) in [5.41, 5.74) is 2.31. The van der Waals surface area contributed by atoms with E-state index in [9.17, 15) is 5.11 Å². The summed E-state index contributed by atoms with van der Waals surface area (Å²) in [5, 5.41) is 12.5. The lowest BCUT2D eigenvalue weighted by atomic mass is 10.1. The van der Waals surface area contributed by atoms with Gasteiger partial charge in [0.15, 0.2) is 0 Å². The molecule has 0 saturated heterocycles. The third-order valence-electron chi connectivity index (χ3n) is 2.17. The first-order valence-electron chi connectivity index (χ1n) is 5.25. The van der Waals surface area contributed by atoms with Crippen molar-refractivity contribution in [3.05, 3.63) is 0 Å². The third-order valence-corrected chi connectivity index (χ3v) is 2.17. The molecule has 1 aromatic heterocycles. The topological polar surface area (TPSA) is 118 Å². The number of aromatic nitrogens is 3. The Balaban J connectivity index is 2.70. The van der Waals surface area contributed by atoms with Crippen LogP contribution < -0.4 is 21.3 Å². The first kappa shape index (κ1) is 13.4. The van der Waals surface area contributed by atoms with Crippen molar-refractivity contribution in [1.82, 2.24) is 15.0 Å². The van der Waals surface area contributed by atoms with Gasteiger partial charge in [-0.05, 0) is 5.92 Å². The first-order valence-corrected chi connectivity index (χ1v) is 5.25. The minimum Gasteiger partial charge on any atom is -0.467 e. The van der Waals surface area contributed by atoms with E-state index in [0.29, 0.717) is 12.5 Å². The highest BCUT2D eigenvalue weighted by Crippen LogP contribution is 2.10. The number of ether oxygens (including phenoxy) is 1. The molecule has 8 nitrogen and oxygen atoms in total. The van der Waals surface area contributed by atoms with Crippen molar-refractivity contribution in [3.63, 3.8) is 0 Å². The second kappa shape index (κ2) is 6.16. The van der Waals surface area contributed by atoms with Crippen molar-refractivity contribution in [2.75, 3.05) is 24.4 Å². The number of hydrogen-bond acceptors (Lipinski definition) is 8. The van der Waals surface area contributed by atoms with Gasteiger partial charge in [-0.3, -0.25) is 5.43 Å². The number of nitrogens with zero attached hydrogens (tertiary/aromatic N) is 3. The van der Waals surface area contributed by atoms with Gasteiger partial charge in [-0.2, -0.15) is 15.0 Å². The van der Waals surface area contributed by atoms with E-state index in [1.807, 2.05) is 13.8 Å². The Labute approximate surface area is 99.6 Å². The number of nitrogens with two attached hydrogens (primary N) is 1. The van der Waals surface area contributed by atoms with E-state index < -0.39 is 6.10 Å². The molecule has 0 aromatic carbocycles. The molecule has 0 amide bonds. The molecule has 5 N–H and O–H groups in total. The average Bonchev–Trinajstić information content (AvgIpc) is 2.35. The molecule has 1 aromatic rings. The monoisotopic (exact) mass is 242 g/mol. The molecule has 0 spiro atoms. The fraction of sp³-hybridized carbons (Fsp3) is 0.667. The largest absolute Gasteiger partial charge is 0.467 e. The fourth-order valence-corrected chi connectivity index (χ4v) is 1.02. The molecule has 0 aliphatic heterocycles. The number of nitrogen functional groups attached to an aromatic ring is 1. The number of methoxy groups -OCH3 is 1. The Morgan fingerprint density at radius 2 is 1.94 bits per heavy atom. The van der Waals surface area contributed by atoms with Gasteiger partial charge in [0.1, 0.15) is 0 Å². The van der Waals surface area contributed by atoms with Gasteiger partial charge in [0, 0.05) is 6.54 Å². The molecule has 0 aliphatic rings. The first-order chi connectivity index (χ1) is 8.06. The minimum atomic E-state index is -0.480. The van der Waals surface area contributed by atoms with Crippen molar-refractivity contribution in [1.29, 1.82) is 0 Å². The number of hydrazine groups is 1. The van der Waals surface area contributed by atoms with Gasteiger partial charge < -0.3 is 15.2 Å². The molecule has 17 heavy (non-hydrogen) atoms. The van der Waals surface area contributed by atoms with Crippen LogP contribution in [0.1, 0.15) is 13.8 Å². The van der Waals surface area contributed by atoms with E-state index in [1.54, 1.807) is 0 Å². The van der Waals surface area contributed by atoms with Crippen LogP contribution in [0.3, 0.4) is 0 Å². The predicted molar refractivity (Wildman–Crippen MR) is 63.5 cm³/mol. The summed E-state index contributed by atoms with van der Waals surface area (Å²) in [4.78, 5) is 11.8. The van der Waals surface area contributed by atoms with Gasteiger partial charge in [0.25, 0.3) is 0 Å². The van der Waals surface area contributed by atoms with E-state index in [1.165, 1.54) is 7.11 Å². The number of rotatable bonds is 6. The summed E-state index contributed by atoms with van der Waals surface area (Å²) in [7, 11) is 1.45. The highest BCUT2D eigenvalue weighted by Gasteiger charge is 2.11. The second-order valence-electron chi connectivity index (χ2n) is 3.81. The molecule has 8 heteroatoms. The van der Waals surface area contributed by atoms with Gasteiger partial charge >= 0.3 is 6.01 Å². The summed E-state index contributed by atoms with van der Waals surface area (Å²) in [6.07, 6.45) is -0.480. The van der Waals surface area contributed by atoms with Gasteiger partial charge in [0.05, 0.1) is 13.2 Å². The zero-order valence-electron chi connectivity index (χ0n) is 10.1. The molecule has 1 heterocycles. The van der Waals surface area contributed by atoms with Crippen LogP contribution in [0.15, 0.2) is 0 Å². The molecular formula is C9H18N6O2. The van der Waals surface area contributed by atoms with E-state index in [0.717, 1.165) is 0 Å². The molecule has 0 bridgehead atoms. The molecule has 1 unspecified atom stereocenters. The van der Waals surface area contributed by atoms with Crippen LogP contribution in [0, 0.1) is 5.92 Å². The lowest BCUT2D eigenvalue weighted by molar-refractivity contribution is 0.137. The van der Waals surface area contributed by atoms with Crippen LogP contribution in [-0.4, -0.2) is 39.8 Å². The zero-order chi connectivity index (χ0) is 12.8. The normalized spacial score (nSPS) is 12.4. The van der Waals surface area contributed by atoms with Crippen molar-refractivity contribution < 1.29 is 9.84 Å². The Morgan fingerprint density at radius 1 is 1.29 bits per heavy atom. The lowest BCUT2D eigenvalue weighted by Gasteiger charge is -2.15. The number of aliphatic hydroxyl groups is 1. The van der Waals surface area contributed by atoms with Crippen LogP contribution in [0.25, 0.3) is 0 Å². The maximum atomic E-state index is 9.64. The number of nitrogens with one attached hydrogen (secondary N) is 2. The fourth-order valence-electron chi connectivity index (χ4n) is 1.02. The Morgan fingerprint density at radius 3 is 2.47 bits per heavy atom. The van der Waals surface area contributed by atoms with E-state index in [2.05, 4.69) is 25.7 Å². The van der Waals surface area contributed by atoms with Gasteiger partial charge in [-0.25, -0.2) is 5.84 Å². The Hall–Kier alpha value is -1.67. The smallest absolute Gasteiger partial charge is 0.322 e. The van der Waals surface area contributed by atoms with Crippen LogP contribution in [0.2, 0.25) is 0 Å². The molecule has 1 atom stereocenters. The van der Waals surface area contributed by atoms with Crippen LogP contribution in [0.4, 0.5) is 11.9 Å². The molecule has 0 aliphatic carbocycles.